The second kappa shape index (κ2) is 9.11. The average Bonchev–Trinajstić information content (AvgIpc) is 3.12. The van der Waals surface area contributed by atoms with E-state index in [2.05, 4.69) is 10.6 Å². The molecule has 0 spiro atoms. The van der Waals surface area contributed by atoms with Crippen molar-refractivity contribution in [2.24, 2.45) is 5.14 Å². The molecular weight excluding hydrogens is 374 g/mol. The lowest BCUT2D eigenvalue weighted by atomic mass is 10.2. The summed E-state index contributed by atoms with van der Waals surface area (Å²) in [5.74, 6) is -0.0122. The van der Waals surface area contributed by atoms with Crippen molar-refractivity contribution < 1.29 is 18.1 Å². The van der Waals surface area contributed by atoms with E-state index in [0.29, 0.717) is 6.54 Å². The van der Waals surface area contributed by atoms with Gasteiger partial charge in [-0.15, -0.1) is 0 Å². The van der Waals surface area contributed by atoms with Crippen LogP contribution >= 0.6 is 0 Å². The molecule has 0 bridgehead atoms. The SMILES string of the molecule is CCCN(C(=O)CCNc1ccc(S(N)(=O)=O)cc1[N+](=O)[O-])C1CCNC1. The van der Waals surface area contributed by atoms with Crippen molar-refractivity contribution >= 4 is 27.3 Å². The Bertz CT molecular complexity index is 792. The number of hydrogen-bond donors (Lipinski definition) is 3. The van der Waals surface area contributed by atoms with Gasteiger partial charge in [-0.1, -0.05) is 6.92 Å². The number of nitro groups is 1. The van der Waals surface area contributed by atoms with Gasteiger partial charge in [-0.05, 0) is 31.5 Å². The van der Waals surface area contributed by atoms with E-state index in [1.54, 1.807) is 0 Å². The highest BCUT2D eigenvalue weighted by atomic mass is 32.2. The molecule has 0 aromatic heterocycles. The first-order valence-electron chi connectivity index (χ1n) is 8.79. The zero-order valence-electron chi connectivity index (χ0n) is 15.2. The number of anilines is 1. The van der Waals surface area contributed by atoms with E-state index in [1.807, 2.05) is 11.8 Å². The van der Waals surface area contributed by atoms with Crippen molar-refractivity contribution in [2.45, 2.75) is 37.1 Å². The highest BCUT2D eigenvalue weighted by molar-refractivity contribution is 7.89. The fourth-order valence-electron chi connectivity index (χ4n) is 3.09. The maximum absolute atomic E-state index is 12.5. The van der Waals surface area contributed by atoms with Crippen LogP contribution in [0.4, 0.5) is 11.4 Å². The number of benzene rings is 1. The minimum absolute atomic E-state index is 0.0122. The van der Waals surface area contributed by atoms with Crippen LogP contribution in [0.1, 0.15) is 26.2 Å². The monoisotopic (exact) mass is 399 g/mol. The first kappa shape index (κ1) is 21.1. The standard InChI is InChI=1S/C16H25N5O5S/c1-2-9-20(12-5-7-18-11-12)16(22)6-8-19-14-4-3-13(27(17,25)26)10-15(14)21(23)24/h3-4,10,12,18-19H,2,5-9,11H2,1H3,(H2,17,25,26). The molecular formula is C16H25N5O5S. The minimum atomic E-state index is -4.04. The molecule has 150 valence electrons. The molecule has 1 unspecified atom stereocenters. The third-order valence-corrected chi connectivity index (χ3v) is 5.32. The van der Waals surface area contributed by atoms with Crippen molar-refractivity contribution in [1.29, 1.82) is 0 Å². The summed E-state index contributed by atoms with van der Waals surface area (Å²) in [6, 6.07) is 3.57. The van der Waals surface area contributed by atoms with Crippen LogP contribution in [0.2, 0.25) is 0 Å². The predicted octanol–water partition coefficient (Wildman–Crippen LogP) is 0.645. The van der Waals surface area contributed by atoms with Crippen molar-refractivity contribution in [1.82, 2.24) is 10.2 Å². The Morgan fingerprint density at radius 3 is 2.78 bits per heavy atom. The van der Waals surface area contributed by atoms with Crippen molar-refractivity contribution in [3.05, 3.63) is 28.3 Å². The van der Waals surface area contributed by atoms with Crippen LogP contribution < -0.4 is 15.8 Å². The lowest BCUT2D eigenvalue weighted by Crippen LogP contribution is -2.42. The smallest absolute Gasteiger partial charge is 0.293 e. The van der Waals surface area contributed by atoms with Crippen LogP contribution in [0.3, 0.4) is 0 Å². The summed E-state index contributed by atoms with van der Waals surface area (Å²) >= 11 is 0. The Hall–Kier alpha value is -2.24. The highest BCUT2D eigenvalue weighted by Gasteiger charge is 2.25. The number of carbonyl (C=O) groups excluding carboxylic acids is 1. The largest absolute Gasteiger partial charge is 0.379 e. The molecule has 1 aromatic rings. The van der Waals surface area contributed by atoms with Gasteiger partial charge in [0.25, 0.3) is 5.69 Å². The van der Waals surface area contributed by atoms with Gasteiger partial charge in [-0.25, -0.2) is 13.6 Å². The summed E-state index contributed by atoms with van der Waals surface area (Å²) in [7, 11) is -4.04. The van der Waals surface area contributed by atoms with Crippen LogP contribution in [0.15, 0.2) is 23.1 Å². The Morgan fingerprint density at radius 1 is 1.48 bits per heavy atom. The zero-order valence-corrected chi connectivity index (χ0v) is 16.0. The topological polar surface area (TPSA) is 148 Å². The summed E-state index contributed by atoms with van der Waals surface area (Å²) in [4.78, 5) is 24.6. The lowest BCUT2D eigenvalue weighted by Gasteiger charge is -2.28. The van der Waals surface area contributed by atoms with Crippen LogP contribution in [0.5, 0.6) is 0 Å². The number of hydrogen-bond acceptors (Lipinski definition) is 7. The minimum Gasteiger partial charge on any atom is -0.379 e. The number of sulfonamides is 1. The van der Waals surface area contributed by atoms with Gasteiger partial charge in [-0.3, -0.25) is 14.9 Å². The summed E-state index contributed by atoms with van der Waals surface area (Å²) in [6.45, 7) is 4.55. The number of carbonyl (C=O) groups is 1. The lowest BCUT2D eigenvalue weighted by molar-refractivity contribution is -0.384. The van der Waals surface area contributed by atoms with Gasteiger partial charge in [0.05, 0.1) is 9.82 Å². The Morgan fingerprint density at radius 2 is 2.22 bits per heavy atom. The molecule has 1 fully saturated rings. The number of primary sulfonamides is 1. The molecule has 1 aliphatic heterocycles. The van der Waals surface area contributed by atoms with Crippen molar-refractivity contribution in [3.63, 3.8) is 0 Å². The molecule has 2 rings (SSSR count). The van der Waals surface area contributed by atoms with Gasteiger partial charge >= 0.3 is 0 Å². The van der Waals surface area contributed by atoms with Crippen molar-refractivity contribution in [3.8, 4) is 0 Å². The summed E-state index contributed by atoms with van der Waals surface area (Å²) < 4.78 is 22.7. The van der Waals surface area contributed by atoms with Crippen LogP contribution in [0.25, 0.3) is 0 Å². The van der Waals surface area contributed by atoms with Gasteiger partial charge in [0.15, 0.2) is 0 Å². The molecule has 1 heterocycles. The van der Waals surface area contributed by atoms with Gasteiger partial charge in [0.2, 0.25) is 15.9 Å². The maximum atomic E-state index is 12.5. The van der Waals surface area contributed by atoms with Crippen LogP contribution in [-0.2, 0) is 14.8 Å². The maximum Gasteiger partial charge on any atom is 0.293 e. The Balaban J connectivity index is 2.03. The fraction of sp³-hybridized carbons (Fsp3) is 0.562. The third kappa shape index (κ3) is 5.62. The quantitative estimate of drug-likeness (QED) is 0.408. The van der Waals surface area contributed by atoms with Crippen molar-refractivity contribution in [2.75, 3.05) is 31.5 Å². The van der Waals surface area contributed by atoms with E-state index in [4.69, 9.17) is 5.14 Å². The molecule has 0 aliphatic carbocycles. The number of rotatable bonds is 9. The third-order valence-electron chi connectivity index (χ3n) is 4.41. The molecule has 0 radical (unpaired) electrons. The first-order valence-corrected chi connectivity index (χ1v) is 10.3. The number of nitro benzene ring substituents is 1. The molecule has 1 aliphatic rings. The fourth-order valence-corrected chi connectivity index (χ4v) is 3.63. The molecule has 11 heteroatoms. The molecule has 0 saturated carbocycles. The van der Waals surface area contributed by atoms with Crippen LogP contribution in [0, 0.1) is 10.1 Å². The second-order valence-corrected chi connectivity index (χ2v) is 7.95. The van der Waals surface area contributed by atoms with Gasteiger partial charge in [-0.2, -0.15) is 0 Å². The van der Waals surface area contributed by atoms with E-state index >= 15 is 0 Å². The van der Waals surface area contributed by atoms with E-state index in [9.17, 15) is 23.3 Å². The van der Waals surface area contributed by atoms with E-state index < -0.39 is 20.6 Å². The second-order valence-electron chi connectivity index (χ2n) is 6.39. The summed E-state index contributed by atoms with van der Waals surface area (Å²) in [5, 5.41) is 22.3. The number of nitrogens with one attached hydrogen (secondary N) is 2. The molecule has 4 N–H and O–H groups in total. The molecule has 10 nitrogen and oxygen atoms in total. The van der Waals surface area contributed by atoms with Gasteiger partial charge in [0, 0.05) is 38.2 Å². The normalized spacial score (nSPS) is 16.9. The molecule has 1 saturated heterocycles. The molecule has 27 heavy (non-hydrogen) atoms. The molecule has 1 atom stereocenters. The van der Waals surface area contributed by atoms with E-state index in [1.165, 1.54) is 12.1 Å². The Kier molecular flexibility index (Phi) is 7.11. The number of nitrogens with two attached hydrogens (primary N) is 1. The molecule has 1 aromatic carbocycles. The highest BCUT2D eigenvalue weighted by Crippen LogP contribution is 2.27. The first-order chi connectivity index (χ1) is 12.7. The van der Waals surface area contributed by atoms with E-state index in [0.717, 1.165) is 32.0 Å². The zero-order chi connectivity index (χ0) is 20.0. The van der Waals surface area contributed by atoms with Crippen LogP contribution in [-0.4, -0.2) is 56.4 Å². The predicted molar refractivity (Wildman–Crippen MR) is 101 cm³/mol. The van der Waals surface area contributed by atoms with E-state index in [-0.39, 0.29) is 35.5 Å². The Labute approximate surface area is 158 Å². The van der Waals surface area contributed by atoms with Gasteiger partial charge < -0.3 is 15.5 Å². The molecule has 1 amide bonds. The van der Waals surface area contributed by atoms with Gasteiger partial charge in [0.1, 0.15) is 5.69 Å². The average molecular weight is 399 g/mol. The summed E-state index contributed by atoms with van der Waals surface area (Å²) in [5.41, 5.74) is -0.260. The number of amides is 1. The summed E-state index contributed by atoms with van der Waals surface area (Å²) in [6.07, 6.45) is 1.96. The number of nitrogens with zero attached hydrogens (tertiary/aromatic N) is 2.